The average molecular weight is 258 g/mol. The summed E-state index contributed by atoms with van der Waals surface area (Å²) in [6.45, 7) is 1.85. The fraction of sp³-hybridized carbons (Fsp3) is 0.400. The van der Waals surface area contributed by atoms with Crippen LogP contribution in [0, 0.1) is 6.92 Å². The summed E-state index contributed by atoms with van der Waals surface area (Å²) in [4.78, 5) is 4.07. The normalized spacial score (nSPS) is 13.0. The highest BCUT2D eigenvalue weighted by Crippen LogP contribution is 2.26. The van der Waals surface area contributed by atoms with Crippen molar-refractivity contribution >= 4 is 22.9 Å². The SMILES string of the molecule is Cc1nn(C)c(CC(O)c2nccs2)c1Cl. The first-order valence-corrected chi connectivity index (χ1v) is 6.10. The monoisotopic (exact) mass is 257 g/mol. The standard InChI is InChI=1S/C10H12ClN3OS/c1-6-9(11)7(14(2)13-6)5-8(15)10-12-3-4-16-10/h3-4,8,15H,5H2,1-2H3. The maximum absolute atomic E-state index is 9.97. The van der Waals surface area contributed by atoms with Gasteiger partial charge in [-0.05, 0) is 6.92 Å². The second kappa shape index (κ2) is 4.53. The molecule has 0 aliphatic carbocycles. The predicted molar refractivity (Wildman–Crippen MR) is 63.7 cm³/mol. The molecule has 2 aromatic heterocycles. The molecule has 2 aromatic rings. The third kappa shape index (κ3) is 2.11. The van der Waals surface area contributed by atoms with Crippen molar-refractivity contribution in [1.29, 1.82) is 0 Å². The zero-order chi connectivity index (χ0) is 11.7. The van der Waals surface area contributed by atoms with E-state index in [1.165, 1.54) is 11.3 Å². The molecule has 86 valence electrons. The molecule has 1 unspecified atom stereocenters. The molecule has 0 bridgehead atoms. The zero-order valence-corrected chi connectivity index (χ0v) is 10.6. The van der Waals surface area contributed by atoms with Gasteiger partial charge < -0.3 is 5.11 Å². The Kier molecular flexibility index (Phi) is 3.28. The molecule has 0 radical (unpaired) electrons. The van der Waals surface area contributed by atoms with Gasteiger partial charge in [0.1, 0.15) is 11.1 Å². The number of hydrogen-bond donors (Lipinski definition) is 1. The van der Waals surface area contributed by atoms with E-state index in [2.05, 4.69) is 10.1 Å². The Labute approximate surface area is 103 Å². The molecule has 0 saturated heterocycles. The van der Waals surface area contributed by atoms with Gasteiger partial charge in [0, 0.05) is 25.0 Å². The first-order valence-electron chi connectivity index (χ1n) is 4.85. The van der Waals surface area contributed by atoms with Gasteiger partial charge in [0.05, 0.1) is 16.4 Å². The molecule has 0 amide bonds. The number of halogens is 1. The van der Waals surface area contributed by atoms with E-state index in [0.29, 0.717) is 16.5 Å². The fourth-order valence-electron chi connectivity index (χ4n) is 1.57. The Morgan fingerprint density at radius 1 is 1.62 bits per heavy atom. The summed E-state index contributed by atoms with van der Waals surface area (Å²) in [6.07, 6.45) is 1.50. The minimum atomic E-state index is -0.618. The summed E-state index contributed by atoms with van der Waals surface area (Å²) in [6, 6.07) is 0. The lowest BCUT2D eigenvalue weighted by atomic mass is 10.2. The lowest BCUT2D eigenvalue weighted by Gasteiger charge is -2.08. The summed E-state index contributed by atoms with van der Waals surface area (Å²) in [7, 11) is 1.82. The number of hydrogen-bond acceptors (Lipinski definition) is 4. The van der Waals surface area contributed by atoms with Gasteiger partial charge in [-0.2, -0.15) is 5.10 Å². The van der Waals surface area contributed by atoms with Crippen LogP contribution in [-0.4, -0.2) is 19.9 Å². The van der Waals surface area contributed by atoms with Crippen molar-refractivity contribution in [3.8, 4) is 0 Å². The van der Waals surface area contributed by atoms with E-state index < -0.39 is 6.10 Å². The number of aliphatic hydroxyl groups excluding tert-OH is 1. The minimum absolute atomic E-state index is 0.434. The average Bonchev–Trinajstić information content (AvgIpc) is 2.83. The van der Waals surface area contributed by atoms with E-state index in [-0.39, 0.29) is 0 Å². The third-order valence-electron chi connectivity index (χ3n) is 2.38. The Balaban J connectivity index is 2.21. The molecule has 2 rings (SSSR count). The molecule has 2 heterocycles. The molecule has 0 spiro atoms. The van der Waals surface area contributed by atoms with Gasteiger partial charge in [-0.25, -0.2) is 4.98 Å². The molecule has 0 aromatic carbocycles. The molecule has 1 atom stereocenters. The van der Waals surface area contributed by atoms with Gasteiger partial charge >= 0.3 is 0 Å². The molecule has 0 aliphatic heterocycles. The molecule has 0 saturated carbocycles. The third-order valence-corrected chi connectivity index (χ3v) is 3.75. The smallest absolute Gasteiger partial charge is 0.122 e. The molecule has 0 fully saturated rings. The Morgan fingerprint density at radius 2 is 2.38 bits per heavy atom. The highest BCUT2D eigenvalue weighted by molar-refractivity contribution is 7.09. The van der Waals surface area contributed by atoms with Crippen LogP contribution in [0.15, 0.2) is 11.6 Å². The lowest BCUT2D eigenvalue weighted by Crippen LogP contribution is -2.06. The van der Waals surface area contributed by atoms with Crippen LogP contribution in [0.2, 0.25) is 5.02 Å². The van der Waals surface area contributed by atoms with E-state index in [0.717, 1.165) is 11.4 Å². The van der Waals surface area contributed by atoms with Crippen molar-refractivity contribution in [2.75, 3.05) is 0 Å². The number of aliphatic hydroxyl groups is 1. The van der Waals surface area contributed by atoms with Crippen LogP contribution in [0.3, 0.4) is 0 Å². The van der Waals surface area contributed by atoms with E-state index >= 15 is 0 Å². The molecular weight excluding hydrogens is 246 g/mol. The number of aromatic nitrogens is 3. The summed E-state index contributed by atoms with van der Waals surface area (Å²) >= 11 is 7.54. The van der Waals surface area contributed by atoms with E-state index in [4.69, 9.17) is 11.6 Å². The van der Waals surface area contributed by atoms with Gasteiger partial charge in [-0.1, -0.05) is 11.6 Å². The van der Waals surface area contributed by atoms with Gasteiger partial charge in [-0.15, -0.1) is 11.3 Å². The maximum Gasteiger partial charge on any atom is 0.122 e. The van der Waals surface area contributed by atoms with Crippen LogP contribution < -0.4 is 0 Å². The van der Waals surface area contributed by atoms with Crippen molar-refractivity contribution in [3.63, 3.8) is 0 Å². The molecule has 0 aliphatic rings. The van der Waals surface area contributed by atoms with Crippen LogP contribution >= 0.6 is 22.9 Å². The first-order chi connectivity index (χ1) is 7.59. The van der Waals surface area contributed by atoms with Gasteiger partial charge in [0.15, 0.2) is 0 Å². The topological polar surface area (TPSA) is 50.9 Å². The van der Waals surface area contributed by atoms with Crippen molar-refractivity contribution in [1.82, 2.24) is 14.8 Å². The minimum Gasteiger partial charge on any atom is -0.386 e. The van der Waals surface area contributed by atoms with Crippen LogP contribution in [0.5, 0.6) is 0 Å². The van der Waals surface area contributed by atoms with E-state index in [1.54, 1.807) is 10.9 Å². The summed E-state index contributed by atoms with van der Waals surface area (Å²) < 4.78 is 1.70. The summed E-state index contributed by atoms with van der Waals surface area (Å²) in [5, 5.41) is 17.3. The second-order valence-corrected chi connectivity index (χ2v) is 4.86. The molecule has 16 heavy (non-hydrogen) atoms. The summed E-state index contributed by atoms with van der Waals surface area (Å²) in [5.41, 5.74) is 1.62. The van der Waals surface area contributed by atoms with Gasteiger partial charge in [0.2, 0.25) is 0 Å². The quantitative estimate of drug-likeness (QED) is 0.916. The Morgan fingerprint density at radius 3 is 2.88 bits per heavy atom. The summed E-state index contributed by atoms with van der Waals surface area (Å²) in [5.74, 6) is 0. The van der Waals surface area contributed by atoms with Crippen LogP contribution in [-0.2, 0) is 13.5 Å². The molecule has 6 heteroatoms. The molecule has 1 N–H and O–H groups in total. The maximum atomic E-state index is 9.97. The van der Waals surface area contributed by atoms with E-state index in [9.17, 15) is 5.11 Å². The predicted octanol–water partition coefficient (Wildman–Crippen LogP) is 2.11. The van der Waals surface area contributed by atoms with Gasteiger partial charge in [-0.3, -0.25) is 4.68 Å². The van der Waals surface area contributed by atoms with Crippen LogP contribution in [0.25, 0.3) is 0 Å². The van der Waals surface area contributed by atoms with Crippen molar-refractivity contribution in [2.24, 2.45) is 7.05 Å². The van der Waals surface area contributed by atoms with Crippen molar-refractivity contribution in [2.45, 2.75) is 19.4 Å². The highest BCUT2D eigenvalue weighted by Gasteiger charge is 2.17. The zero-order valence-electron chi connectivity index (χ0n) is 9.01. The second-order valence-electron chi connectivity index (χ2n) is 3.56. The fourth-order valence-corrected chi connectivity index (χ4v) is 2.43. The van der Waals surface area contributed by atoms with Crippen molar-refractivity contribution < 1.29 is 5.11 Å². The Hall–Kier alpha value is -0.910. The van der Waals surface area contributed by atoms with E-state index in [1.807, 2.05) is 19.4 Å². The lowest BCUT2D eigenvalue weighted by molar-refractivity contribution is 0.175. The first kappa shape index (κ1) is 11.6. The molecular formula is C10H12ClN3OS. The number of rotatable bonds is 3. The molecule has 4 nitrogen and oxygen atoms in total. The number of thiazole rings is 1. The van der Waals surface area contributed by atoms with Crippen molar-refractivity contribution in [3.05, 3.63) is 33.0 Å². The van der Waals surface area contributed by atoms with Crippen LogP contribution in [0.1, 0.15) is 22.5 Å². The van der Waals surface area contributed by atoms with Gasteiger partial charge in [0.25, 0.3) is 0 Å². The van der Waals surface area contributed by atoms with Crippen LogP contribution in [0.4, 0.5) is 0 Å². The largest absolute Gasteiger partial charge is 0.386 e. The number of nitrogens with zero attached hydrogens (tertiary/aromatic N) is 3. The number of aryl methyl sites for hydroxylation is 2. The Bertz CT molecular complexity index is 480. The highest BCUT2D eigenvalue weighted by atomic mass is 35.5.